The molecule has 1 aromatic heterocycles. The largest absolute Gasteiger partial charge is 0.452 e. The van der Waals surface area contributed by atoms with Crippen LogP contribution in [0.1, 0.15) is 19.5 Å². The normalized spacial score (nSPS) is 11.9. The summed E-state index contributed by atoms with van der Waals surface area (Å²) in [4.78, 5) is 26.5. The van der Waals surface area contributed by atoms with Gasteiger partial charge in [-0.1, -0.05) is 35.5 Å². The number of fused-ring (bicyclic) bond motifs is 1. The number of aromatic nitrogens is 1. The molecule has 0 fully saturated rings. The van der Waals surface area contributed by atoms with E-state index in [0.717, 1.165) is 11.1 Å². The molecule has 0 saturated carbocycles. The minimum Gasteiger partial charge on any atom is -0.452 e. The number of hydrogen-bond acceptors (Lipinski definition) is 5. The van der Waals surface area contributed by atoms with Crippen molar-refractivity contribution in [3.8, 4) is 0 Å². The fourth-order valence-corrected chi connectivity index (χ4v) is 2.78. The van der Waals surface area contributed by atoms with Gasteiger partial charge in [0.1, 0.15) is 5.69 Å². The molecule has 0 aliphatic heterocycles. The second-order valence-electron chi connectivity index (χ2n) is 5.85. The first-order chi connectivity index (χ1) is 12.6. The molecular formula is C20H20N2O4. The lowest BCUT2D eigenvalue weighted by molar-refractivity contribution is -0.153. The van der Waals surface area contributed by atoms with Gasteiger partial charge in [0.15, 0.2) is 11.7 Å². The van der Waals surface area contributed by atoms with Crippen molar-refractivity contribution in [2.24, 2.45) is 0 Å². The van der Waals surface area contributed by atoms with Gasteiger partial charge in [-0.05, 0) is 38.1 Å². The predicted octanol–water partition coefficient (Wildman–Crippen LogP) is 3.36. The van der Waals surface area contributed by atoms with Crippen molar-refractivity contribution in [1.82, 2.24) is 5.16 Å². The highest BCUT2D eigenvalue weighted by Gasteiger charge is 2.24. The zero-order valence-electron chi connectivity index (χ0n) is 14.7. The summed E-state index contributed by atoms with van der Waals surface area (Å²) in [5.74, 6) is -0.786. The van der Waals surface area contributed by atoms with E-state index in [1.54, 1.807) is 17.9 Å². The molecule has 6 nitrogen and oxygen atoms in total. The average Bonchev–Trinajstić information content (AvgIpc) is 3.06. The van der Waals surface area contributed by atoms with E-state index in [1.165, 1.54) is 0 Å². The van der Waals surface area contributed by atoms with E-state index in [2.05, 4.69) is 5.16 Å². The van der Waals surface area contributed by atoms with Gasteiger partial charge in [-0.3, -0.25) is 9.59 Å². The quantitative estimate of drug-likeness (QED) is 0.636. The molecule has 0 N–H and O–H groups in total. The third-order valence-electron chi connectivity index (χ3n) is 4.07. The summed E-state index contributed by atoms with van der Waals surface area (Å²) in [5.41, 5.74) is 1.88. The van der Waals surface area contributed by atoms with Gasteiger partial charge >= 0.3 is 5.97 Å². The highest BCUT2D eigenvalue weighted by molar-refractivity contribution is 5.97. The number of carbonyl (C=O) groups excluding carboxylic acids is 2. The van der Waals surface area contributed by atoms with Crippen molar-refractivity contribution in [2.45, 2.75) is 26.4 Å². The lowest BCUT2D eigenvalue weighted by Gasteiger charge is -2.24. The van der Waals surface area contributed by atoms with Gasteiger partial charge in [-0.2, -0.15) is 0 Å². The zero-order chi connectivity index (χ0) is 18.5. The maximum atomic E-state index is 12.6. The first-order valence-corrected chi connectivity index (χ1v) is 8.49. The van der Waals surface area contributed by atoms with Crippen molar-refractivity contribution < 1.29 is 18.8 Å². The van der Waals surface area contributed by atoms with Gasteiger partial charge in [0, 0.05) is 17.6 Å². The van der Waals surface area contributed by atoms with Crippen LogP contribution in [0.3, 0.4) is 0 Å². The Morgan fingerprint density at radius 1 is 1.12 bits per heavy atom. The van der Waals surface area contributed by atoms with Crippen LogP contribution in [0.5, 0.6) is 0 Å². The SMILES string of the molecule is CCN(C(=O)[C@H](C)OC(=O)Cc1noc2ccccc12)c1ccccc1. The third kappa shape index (κ3) is 3.74. The Hall–Kier alpha value is -3.15. The third-order valence-corrected chi connectivity index (χ3v) is 4.07. The summed E-state index contributed by atoms with van der Waals surface area (Å²) in [6.07, 6.45) is -0.938. The van der Waals surface area contributed by atoms with Gasteiger partial charge in [-0.25, -0.2) is 0 Å². The van der Waals surface area contributed by atoms with E-state index < -0.39 is 12.1 Å². The Kier molecular flexibility index (Phi) is 5.31. The fourth-order valence-electron chi connectivity index (χ4n) is 2.78. The number of para-hydroxylation sites is 2. The summed E-state index contributed by atoms with van der Waals surface area (Å²) < 4.78 is 10.5. The maximum Gasteiger partial charge on any atom is 0.312 e. The lowest BCUT2D eigenvalue weighted by Crippen LogP contribution is -2.40. The molecule has 0 unspecified atom stereocenters. The molecule has 26 heavy (non-hydrogen) atoms. The topological polar surface area (TPSA) is 72.6 Å². The van der Waals surface area contributed by atoms with Gasteiger partial charge in [-0.15, -0.1) is 0 Å². The number of amides is 1. The molecule has 1 atom stereocenters. The number of hydrogen-bond donors (Lipinski definition) is 0. The number of likely N-dealkylation sites (N-methyl/N-ethyl adjacent to an activating group) is 1. The van der Waals surface area contributed by atoms with Crippen LogP contribution in [0.15, 0.2) is 59.1 Å². The predicted molar refractivity (Wildman–Crippen MR) is 97.7 cm³/mol. The molecule has 0 aliphatic rings. The molecule has 3 rings (SSSR count). The molecule has 134 valence electrons. The number of benzene rings is 2. The maximum absolute atomic E-state index is 12.6. The van der Waals surface area contributed by atoms with Gasteiger partial charge in [0.25, 0.3) is 5.91 Å². The summed E-state index contributed by atoms with van der Waals surface area (Å²) in [5, 5.41) is 4.68. The molecule has 0 saturated heterocycles. The van der Waals surface area contributed by atoms with Crippen LogP contribution in [0.2, 0.25) is 0 Å². The summed E-state index contributed by atoms with van der Waals surface area (Å²) in [6.45, 7) is 3.94. The monoisotopic (exact) mass is 352 g/mol. The number of anilines is 1. The Morgan fingerprint density at radius 2 is 1.81 bits per heavy atom. The van der Waals surface area contributed by atoms with E-state index >= 15 is 0 Å². The first-order valence-electron chi connectivity index (χ1n) is 8.49. The van der Waals surface area contributed by atoms with Gasteiger partial charge in [0.05, 0.1) is 6.42 Å². The van der Waals surface area contributed by atoms with Crippen LogP contribution in [0, 0.1) is 0 Å². The van der Waals surface area contributed by atoms with Crippen molar-refractivity contribution in [3.05, 3.63) is 60.3 Å². The van der Waals surface area contributed by atoms with E-state index in [0.29, 0.717) is 17.8 Å². The smallest absolute Gasteiger partial charge is 0.312 e. The minimum atomic E-state index is -0.888. The summed E-state index contributed by atoms with van der Waals surface area (Å²) in [6, 6.07) is 16.6. The Bertz CT molecular complexity index is 904. The highest BCUT2D eigenvalue weighted by atomic mass is 16.5. The van der Waals surface area contributed by atoms with Crippen LogP contribution in [0.4, 0.5) is 5.69 Å². The lowest BCUT2D eigenvalue weighted by atomic mass is 10.2. The zero-order valence-corrected chi connectivity index (χ0v) is 14.7. The Labute approximate surface area is 151 Å². The average molecular weight is 352 g/mol. The summed E-state index contributed by atoms with van der Waals surface area (Å²) >= 11 is 0. The number of rotatable bonds is 6. The number of carbonyl (C=O) groups is 2. The van der Waals surface area contributed by atoms with E-state index in [4.69, 9.17) is 9.26 Å². The van der Waals surface area contributed by atoms with Crippen LogP contribution in [-0.2, 0) is 20.7 Å². The second kappa shape index (κ2) is 7.82. The van der Waals surface area contributed by atoms with Crippen LogP contribution >= 0.6 is 0 Å². The second-order valence-corrected chi connectivity index (χ2v) is 5.85. The van der Waals surface area contributed by atoms with Crippen molar-refractivity contribution in [1.29, 1.82) is 0 Å². The minimum absolute atomic E-state index is 0.0495. The van der Waals surface area contributed by atoms with Crippen molar-refractivity contribution >= 4 is 28.5 Å². The molecule has 2 aromatic carbocycles. The molecule has 0 radical (unpaired) electrons. The number of esters is 1. The summed E-state index contributed by atoms with van der Waals surface area (Å²) in [7, 11) is 0. The molecule has 0 aliphatic carbocycles. The van der Waals surface area contributed by atoms with Crippen molar-refractivity contribution in [3.63, 3.8) is 0 Å². The van der Waals surface area contributed by atoms with Gasteiger partial charge in [0.2, 0.25) is 0 Å². The van der Waals surface area contributed by atoms with E-state index in [9.17, 15) is 9.59 Å². The Balaban J connectivity index is 1.65. The fraction of sp³-hybridized carbons (Fsp3) is 0.250. The molecule has 0 spiro atoms. The van der Waals surface area contributed by atoms with E-state index in [-0.39, 0.29) is 12.3 Å². The Morgan fingerprint density at radius 3 is 2.54 bits per heavy atom. The van der Waals surface area contributed by atoms with Crippen LogP contribution < -0.4 is 4.90 Å². The van der Waals surface area contributed by atoms with Crippen LogP contribution in [0.25, 0.3) is 11.0 Å². The molecule has 1 amide bonds. The highest BCUT2D eigenvalue weighted by Crippen LogP contribution is 2.19. The van der Waals surface area contributed by atoms with E-state index in [1.807, 2.05) is 55.5 Å². The number of ether oxygens (including phenoxy) is 1. The van der Waals surface area contributed by atoms with Crippen molar-refractivity contribution in [2.75, 3.05) is 11.4 Å². The number of nitrogens with zero attached hydrogens (tertiary/aromatic N) is 2. The molecule has 3 aromatic rings. The standard InChI is InChI=1S/C20H20N2O4/c1-3-22(15-9-5-4-6-10-15)20(24)14(2)25-19(23)13-17-16-11-7-8-12-18(16)26-21-17/h4-12,14H,3,13H2,1-2H3/t14-/m0/s1. The molecule has 0 bridgehead atoms. The first kappa shape index (κ1) is 17.7. The van der Waals surface area contributed by atoms with Crippen LogP contribution in [-0.4, -0.2) is 29.7 Å². The van der Waals surface area contributed by atoms with Gasteiger partial charge < -0.3 is 14.2 Å². The molecular weight excluding hydrogens is 332 g/mol. The molecule has 1 heterocycles. The molecule has 6 heteroatoms.